The molecule has 0 radical (unpaired) electrons. The summed E-state index contributed by atoms with van der Waals surface area (Å²) >= 11 is 0. The third-order valence-corrected chi connectivity index (χ3v) is 4.19. The molecule has 8 heteroatoms. The molecule has 0 aliphatic carbocycles. The number of hydrogen-bond acceptors (Lipinski definition) is 5. The van der Waals surface area contributed by atoms with Crippen molar-refractivity contribution in [1.29, 1.82) is 0 Å². The Balaban J connectivity index is 2.25. The molecule has 3 rings (SSSR count). The summed E-state index contributed by atoms with van der Waals surface area (Å²) < 4.78 is 0. The highest BCUT2D eigenvalue weighted by atomic mass is 16.6. The van der Waals surface area contributed by atoms with Crippen molar-refractivity contribution in [1.82, 2.24) is 15.2 Å². The van der Waals surface area contributed by atoms with E-state index in [1.54, 1.807) is 44.4 Å². The van der Waals surface area contributed by atoms with Gasteiger partial charge in [-0.3, -0.25) is 15.1 Å². The summed E-state index contributed by atoms with van der Waals surface area (Å²) in [6.45, 7) is 0. The Hall–Kier alpha value is -3.68. The first-order chi connectivity index (χ1) is 12.9. The first-order valence-corrected chi connectivity index (χ1v) is 8.18. The fraction of sp³-hybridized carbons (Fsp3) is 0.158. The maximum Gasteiger partial charge on any atom is 0.317 e. The third-order valence-electron chi connectivity index (χ3n) is 4.19. The van der Waals surface area contributed by atoms with E-state index in [0.29, 0.717) is 5.56 Å². The number of non-ortho nitro benzene ring substituents is 1. The Morgan fingerprint density at radius 2 is 1.93 bits per heavy atom. The van der Waals surface area contributed by atoms with Crippen LogP contribution in [0.25, 0.3) is 10.9 Å². The van der Waals surface area contributed by atoms with E-state index < -0.39 is 17.0 Å². The van der Waals surface area contributed by atoms with Crippen LogP contribution in [0.5, 0.6) is 5.75 Å². The van der Waals surface area contributed by atoms with Gasteiger partial charge in [-0.15, -0.1) is 0 Å². The van der Waals surface area contributed by atoms with Gasteiger partial charge in [0.15, 0.2) is 0 Å². The number of phenolic OH excluding ortho intramolecular Hbond substituents is 1. The molecule has 0 aliphatic heterocycles. The Kier molecular flexibility index (Phi) is 4.89. The van der Waals surface area contributed by atoms with Crippen molar-refractivity contribution >= 4 is 22.6 Å². The summed E-state index contributed by atoms with van der Waals surface area (Å²) in [7, 11) is 3.17. The highest BCUT2D eigenvalue weighted by Crippen LogP contribution is 2.39. The van der Waals surface area contributed by atoms with Crippen LogP contribution in [-0.2, 0) is 0 Å². The average Bonchev–Trinajstić information content (AvgIpc) is 2.67. The van der Waals surface area contributed by atoms with Crippen LogP contribution in [0.1, 0.15) is 17.2 Å². The molecule has 3 aromatic rings. The summed E-state index contributed by atoms with van der Waals surface area (Å²) in [6, 6.07) is 12.1. The number of fused-ring (bicyclic) bond motifs is 1. The molecule has 27 heavy (non-hydrogen) atoms. The lowest BCUT2D eigenvalue weighted by atomic mass is 9.95. The number of rotatable bonds is 4. The molecule has 0 aliphatic rings. The number of aromatic nitrogens is 1. The van der Waals surface area contributed by atoms with Gasteiger partial charge in [0.2, 0.25) is 0 Å². The number of hydrogen-bond donors (Lipinski definition) is 2. The second kappa shape index (κ2) is 7.28. The molecule has 0 fully saturated rings. The molecular formula is C19H18N4O4. The van der Waals surface area contributed by atoms with Gasteiger partial charge in [-0.2, -0.15) is 0 Å². The maximum atomic E-state index is 12.3. The van der Waals surface area contributed by atoms with Crippen molar-refractivity contribution in [2.45, 2.75) is 6.04 Å². The predicted molar refractivity (Wildman–Crippen MR) is 101 cm³/mol. The Labute approximate surface area is 155 Å². The van der Waals surface area contributed by atoms with Crippen molar-refractivity contribution < 1.29 is 14.8 Å². The number of carbonyl (C=O) groups excluding carboxylic acids is 1. The minimum atomic E-state index is -0.786. The highest BCUT2D eigenvalue weighted by Gasteiger charge is 2.27. The van der Waals surface area contributed by atoms with Crippen LogP contribution in [0.3, 0.4) is 0 Å². The van der Waals surface area contributed by atoms with Crippen LogP contribution in [0.15, 0.2) is 54.7 Å². The first kappa shape index (κ1) is 18.1. The van der Waals surface area contributed by atoms with Crippen LogP contribution in [-0.4, -0.2) is 40.0 Å². The first-order valence-electron chi connectivity index (χ1n) is 8.18. The molecule has 2 aromatic carbocycles. The molecule has 2 N–H and O–H groups in total. The van der Waals surface area contributed by atoms with Crippen molar-refractivity contribution in [2.24, 2.45) is 0 Å². The van der Waals surface area contributed by atoms with Gasteiger partial charge >= 0.3 is 6.03 Å². The minimum Gasteiger partial charge on any atom is -0.505 e. The van der Waals surface area contributed by atoms with Crippen LogP contribution < -0.4 is 5.32 Å². The van der Waals surface area contributed by atoms with Gasteiger partial charge in [0.05, 0.1) is 16.4 Å². The van der Waals surface area contributed by atoms with Crippen LogP contribution >= 0.6 is 0 Å². The zero-order chi connectivity index (χ0) is 19.6. The molecule has 1 heterocycles. The normalized spacial score (nSPS) is 11.8. The summed E-state index contributed by atoms with van der Waals surface area (Å²) in [4.78, 5) is 28.8. The van der Waals surface area contributed by atoms with Gasteiger partial charge in [-0.25, -0.2) is 4.79 Å². The number of nitro groups is 1. The SMILES string of the molecule is CN(C)C(=O)NC(c1ccccc1)c1cc([N+](=O)[O-])c2cccnc2c1O. The lowest BCUT2D eigenvalue weighted by Crippen LogP contribution is -2.37. The standard InChI is InChI=1S/C19H18N4O4/c1-22(2)19(25)21-16(12-7-4-3-5-8-12)14-11-15(23(26)27)13-9-6-10-20-17(13)18(14)24/h3-11,16,24H,1-2H3,(H,21,25). The van der Waals surface area contributed by atoms with E-state index in [1.807, 2.05) is 6.07 Å². The smallest absolute Gasteiger partial charge is 0.317 e. The summed E-state index contributed by atoms with van der Waals surface area (Å²) in [5.41, 5.74) is 0.801. The fourth-order valence-electron chi connectivity index (χ4n) is 2.84. The molecule has 0 saturated carbocycles. The second-order valence-corrected chi connectivity index (χ2v) is 6.18. The molecule has 0 saturated heterocycles. The Morgan fingerprint density at radius 1 is 1.22 bits per heavy atom. The highest BCUT2D eigenvalue weighted by molar-refractivity contribution is 5.93. The maximum absolute atomic E-state index is 12.3. The van der Waals surface area contributed by atoms with Gasteiger partial charge in [0.1, 0.15) is 11.3 Å². The number of amides is 2. The number of urea groups is 1. The van der Waals surface area contributed by atoms with Crippen LogP contribution in [0.2, 0.25) is 0 Å². The van der Waals surface area contributed by atoms with Gasteiger partial charge < -0.3 is 15.3 Å². The largest absolute Gasteiger partial charge is 0.505 e. The number of nitrogens with one attached hydrogen (secondary N) is 1. The van der Waals surface area contributed by atoms with E-state index in [9.17, 15) is 20.0 Å². The van der Waals surface area contributed by atoms with Crippen molar-refractivity contribution in [2.75, 3.05) is 14.1 Å². The molecular weight excluding hydrogens is 348 g/mol. The monoisotopic (exact) mass is 366 g/mol. The Bertz CT molecular complexity index is 1010. The van der Waals surface area contributed by atoms with E-state index in [4.69, 9.17) is 0 Å². The molecule has 138 valence electrons. The quantitative estimate of drug-likeness (QED) is 0.544. The van der Waals surface area contributed by atoms with Crippen molar-refractivity contribution in [3.8, 4) is 5.75 Å². The topological polar surface area (TPSA) is 109 Å². The van der Waals surface area contributed by atoms with Crippen LogP contribution in [0, 0.1) is 10.1 Å². The summed E-state index contributed by atoms with van der Waals surface area (Å²) in [5, 5.41) is 25.4. The predicted octanol–water partition coefficient (Wildman–Crippen LogP) is 3.21. The molecule has 1 atom stereocenters. The molecule has 8 nitrogen and oxygen atoms in total. The third kappa shape index (κ3) is 3.50. The number of benzene rings is 2. The fourth-order valence-corrected chi connectivity index (χ4v) is 2.84. The number of aromatic hydroxyl groups is 1. The number of pyridine rings is 1. The van der Waals surface area contributed by atoms with Gasteiger partial charge in [-0.1, -0.05) is 30.3 Å². The van der Waals surface area contributed by atoms with E-state index in [0.717, 1.165) is 0 Å². The Morgan fingerprint density at radius 3 is 2.56 bits per heavy atom. The van der Waals surface area contributed by atoms with Crippen molar-refractivity contribution in [3.05, 3.63) is 76.0 Å². The van der Waals surface area contributed by atoms with E-state index >= 15 is 0 Å². The number of carbonyl (C=O) groups is 1. The summed E-state index contributed by atoms with van der Waals surface area (Å²) in [6.07, 6.45) is 1.45. The minimum absolute atomic E-state index is 0.113. The van der Waals surface area contributed by atoms with Gasteiger partial charge in [0, 0.05) is 31.9 Å². The van der Waals surface area contributed by atoms with E-state index in [2.05, 4.69) is 10.3 Å². The number of phenols is 1. The zero-order valence-corrected chi connectivity index (χ0v) is 14.8. The molecule has 0 bridgehead atoms. The molecule has 0 spiro atoms. The van der Waals surface area contributed by atoms with Gasteiger partial charge in [-0.05, 0) is 17.7 Å². The lowest BCUT2D eigenvalue weighted by molar-refractivity contribution is -0.383. The summed E-state index contributed by atoms with van der Waals surface area (Å²) in [5.74, 6) is -0.205. The average molecular weight is 366 g/mol. The van der Waals surface area contributed by atoms with E-state index in [1.165, 1.54) is 23.2 Å². The van der Waals surface area contributed by atoms with E-state index in [-0.39, 0.29) is 27.9 Å². The van der Waals surface area contributed by atoms with Gasteiger partial charge in [0.25, 0.3) is 5.69 Å². The molecule has 1 unspecified atom stereocenters. The van der Waals surface area contributed by atoms with Crippen molar-refractivity contribution in [3.63, 3.8) is 0 Å². The second-order valence-electron chi connectivity index (χ2n) is 6.18. The molecule has 1 aromatic heterocycles. The zero-order valence-electron chi connectivity index (χ0n) is 14.8. The lowest BCUT2D eigenvalue weighted by Gasteiger charge is -2.23. The molecule has 2 amide bonds. The number of nitrogens with zero attached hydrogens (tertiary/aromatic N) is 3. The number of nitro benzene ring substituents is 1. The van der Waals surface area contributed by atoms with Crippen LogP contribution in [0.4, 0.5) is 10.5 Å².